The Morgan fingerprint density at radius 2 is 2.00 bits per heavy atom. The van der Waals surface area contributed by atoms with Gasteiger partial charge in [0.1, 0.15) is 5.82 Å². The number of unbranched alkanes of at least 4 members (excludes halogenated alkanes) is 1. The fourth-order valence-electron chi connectivity index (χ4n) is 2.28. The first-order valence-corrected chi connectivity index (χ1v) is 7.53. The van der Waals surface area contributed by atoms with Crippen molar-refractivity contribution in [3.8, 4) is 0 Å². The summed E-state index contributed by atoms with van der Waals surface area (Å²) in [4.78, 5) is 7.14. The van der Waals surface area contributed by atoms with Crippen molar-refractivity contribution >= 4 is 28.3 Å². The fourth-order valence-corrected chi connectivity index (χ4v) is 2.48. The van der Waals surface area contributed by atoms with E-state index in [1.165, 1.54) is 12.8 Å². The summed E-state index contributed by atoms with van der Waals surface area (Å²) in [5.41, 5.74) is 2.17. The van der Waals surface area contributed by atoms with Crippen molar-refractivity contribution < 1.29 is 0 Å². The number of alkyl halides is 1. The zero-order chi connectivity index (χ0) is 13.7. The molecule has 0 atom stereocenters. The van der Waals surface area contributed by atoms with Crippen molar-refractivity contribution in [1.29, 1.82) is 0 Å². The minimum absolute atomic E-state index is 0.510. The second-order valence-corrected chi connectivity index (χ2v) is 5.00. The van der Waals surface area contributed by atoms with Gasteiger partial charge in [-0.2, -0.15) is 0 Å². The molecule has 1 aromatic carbocycles. The van der Waals surface area contributed by atoms with E-state index in [1.54, 1.807) is 0 Å². The molecule has 2 rings (SSSR count). The Morgan fingerprint density at radius 3 is 2.68 bits per heavy atom. The van der Waals surface area contributed by atoms with Crippen LogP contribution in [0.25, 0.3) is 10.9 Å². The molecule has 0 amide bonds. The molecule has 0 aliphatic rings. The Morgan fingerprint density at radius 1 is 1.21 bits per heavy atom. The molecule has 0 aliphatic carbocycles. The van der Waals surface area contributed by atoms with E-state index in [-0.39, 0.29) is 0 Å². The number of para-hydroxylation sites is 1. The molecule has 19 heavy (non-hydrogen) atoms. The van der Waals surface area contributed by atoms with Gasteiger partial charge in [-0.15, -0.1) is 11.6 Å². The molecule has 0 saturated heterocycles. The third kappa shape index (κ3) is 3.19. The minimum Gasteiger partial charge on any atom is -0.357 e. The Labute approximate surface area is 120 Å². The van der Waals surface area contributed by atoms with E-state index in [9.17, 15) is 0 Å². The van der Waals surface area contributed by atoms with Gasteiger partial charge in [0.2, 0.25) is 0 Å². The standard InChI is InChI=1S/C16H21ClN2/c1-3-5-10-19(4-2)16-14(12-17)11-13-8-6-7-9-15(13)18-16/h6-9,11H,3-5,10,12H2,1-2H3. The van der Waals surface area contributed by atoms with Gasteiger partial charge >= 0.3 is 0 Å². The first kappa shape index (κ1) is 14.1. The van der Waals surface area contributed by atoms with Gasteiger partial charge in [0.05, 0.1) is 11.4 Å². The summed E-state index contributed by atoms with van der Waals surface area (Å²) in [5, 5.41) is 1.16. The summed E-state index contributed by atoms with van der Waals surface area (Å²) in [5.74, 6) is 1.56. The van der Waals surface area contributed by atoms with Crippen LogP contribution in [0.4, 0.5) is 5.82 Å². The third-order valence-corrected chi connectivity index (χ3v) is 3.67. The van der Waals surface area contributed by atoms with Gasteiger partial charge in [0.15, 0.2) is 0 Å². The van der Waals surface area contributed by atoms with Crippen LogP contribution in [0.5, 0.6) is 0 Å². The number of anilines is 1. The molecule has 0 radical (unpaired) electrons. The molecule has 0 fully saturated rings. The SMILES string of the molecule is CCCCN(CC)c1nc2ccccc2cc1CCl. The molecule has 2 nitrogen and oxygen atoms in total. The molecular formula is C16H21ClN2. The molecule has 0 saturated carbocycles. The molecular weight excluding hydrogens is 256 g/mol. The van der Waals surface area contributed by atoms with Crippen LogP contribution in [0.1, 0.15) is 32.3 Å². The number of pyridine rings is 1. The number of rotatable bonds is 6. The third-order valence-electron chi connectivity index (χ3n) is 3.39. The van der Waals surface area contributed by atoms with Crippen molar-refractivity contribution in [2.45, 2.75) is 32.6 Å². The summed E-state index contributed by atoms with van der Waals surface area (Å²) in [6.45, 7) is 6.39. The molecule has 0 aliphatic heterocycles. The van der Waals surface area contributed by atoms with Crippen LogP contribution in [-0.2, 0) is 5.88 Å². The average molecular weight is 277 g/mol. The molecule has 2 aromatic rings. The van der Waals surface area contributed by atoms with Crippen molar-refractivity contribution in [3.63, 3.8) is 0 Å². The predicted molar refractivity (Wildman–Crippen MR) is 84.1 cm³/mol. The van der Waals surface area contributed by atoms with Crippen LogP contribution in [0.15, 0.2) is 30.3 Å². The van der Waals surface area contributed by atoms with Crippen LogP contribution < -0.4 is 4.90 Å². The largest absolute Gasteiger partial charge is 0.357 e. The topological polar surface area (TPSA) is 16.1 Å². The van der Waals surface area contributed by atoms with Crippen molar-refractivity contribution in [1.82, 2.24) is 4.98 Å². The van der Waals surface area contributed by atoms with Gasteiger partial charge < -0.3 is 4.90 Å². The molecule has 0 unspecified atom stereocenters. The maximum absolute atomic E-state index is 6.10. The van der Waals surface area contributed by atoms with Crippen molar-refractivity contribution in [2.75, 3.05) is 18.0 Å². The number of aromatic nitrogens is 1. The Hall–Kier alpha value is -1.28. The van der Waals surface area contributed by atoms with E-state index < -0.39 is 0 Å². The highest BCUT2D eigenvalue weighted by molar-refractivity contribution is 6.17. The van der Waals surface area contributed by atoms with Gasteiger partial charge in [-0.25, -0.2) is 4.98 Å². The highest BCUT2D eigenvalue weighted by Crippen LogP contribution is 2.25. The lowest BCUT2D eigenvalue weighted by atomic mass is 10.1. The molecule has 1 aromatic heterocycles. The molecule has 1 heterocycles. The van der Waals surface area contributed by atoms with Crippen LogP contribution in [0.3, 0.4) is 0 Å². The Kier molecular flexibility index (Phi) is 5.03. The van der Waals surface area contributed by atoms with Crippen LogP contribution in [0, 0.1) is 0 Å². The quantitative estimate of drug-likeness (QED) is 0.717. The molecule has 0 N–H and O–H groups in total. The molecule has 3 heteroatoms. The maximum atomic E-state index is 6.10. The number of fused-ring (bicyclic) bond motifs is 1. The summed E-state index contributed by atoms with van der Waals surface area (Å²) in [7, 11) is 0. The van der Waals surface area contributed by atoms with Crippen LogP contribution in [-0.4, -0.2) is 18.1 Å². The molecule has 0 bridgehead atoms. The summed E-state index contributed by atoms with van der Waals surface area (Å²) >= 11 is 6.10. The van der Waals surface area contributed by atoms with Gasteiger partial charge in [-0.1, -0.05) is 31.5 Å². The second-order valence-electron chi connectivity index (χ2n) is 4.73. The second kappa shape index (κ2) is 6.76. The lowest BCUT2D eigenvalue weighted by Gasteiger charge is -2.24. The minimum atomic E-state index is 0.510. The van der Waals surface area contributed by atoms with Gasteiger partial charge in [0.25, 0.3) is 0 Å². The van der Waals surface area contributed by atoms with Gasteiger partial charge in [-0.3, -0.25) is 0 Å². The average Bonchev–Trinajstić information content (AvgIpc) is 2.47. The Balaban J connectivity index is 2.44. The van der Waals surface area contributed by atoms with E-state index >= 15 is 0 Å². The number of nitrogens with zero attached hydrogens (tertiary/aromatic N) is 2. The molecule has 0 spiro atoms. The van der Waals surface area contributed by atoms with Gasteiger partial charge in [0, 0.05) is 24.0 Å². The molecule has 102 valence electrons. The number of hydrogen-bond acceptors (Lipinski definition) is 2. The smallest absolute Gasteiger partial charge is 0.133 e. The van der Waals surface area contributed by atoms with E-state index in [4.69, 9.17) is 16.6 Å². The monoisotopic (exact) mass is 276 g/mol. The zero-order valence-corrected chi connectivity index (χ0v) is 12.5. The first-order valence-electron chi connectivity index (χ1n) is 6.99. The van der Waals surface area contributed by atoms with E-state index in [0.29, 0.717) is 5.88 Å². The number of benzene rings is 1. The van der Waals surface area contributed by atoms with Gasteiger partial charge in [-0.05, 0) is 25.5 Å². The van der Waals surface area contributed by atoms with Crippen LogP contribution >= 0.6 is 11.6 Å². The zero-order valence-electron chi connectivity index (χ0n) is 11.7. The first-order chi connectivity index (χ1) is 9.30. The lowest BCUT2D eigenvalue weighted by molar-refractivity contribution is 0.723. The number of halogens is 1. The maximum Gasteiger partial charge on any atom is 0.133 e. The lowest BCUT2D eigenvalue weighted by Crippen LogP contribution is -2.26. The summed E-state index contributed by atoms with van der Waals surface area (Å²) < 4.78 is 0. The number of hydrogen-bond donors (Lipinski definition) is 0. The van der Waals surface area contributed by atoms with E-state index in [2.05, 4.69) is 36.9 Å². The Bertz CT molecular complexity index is 539. The highest BCUT2D eigenvalue weighted by atomic mass is 35.5. The van der Waals surface area contributed by atoms with Crippen molar-refractivity contribution in [3.05, 3.63) is 35.9 Å². The fraction of sp³-hybridized carbons (Fsp3) is 0.438. The van der Waals surface area contributed by atoms with E-state index in [1.807, 2.05) is 12.1 Å². The normalized spacial score (nSPS) is 10.9. The summed E-state index contributed by atoms with van der Waals surface area (Å²) in [6, 6.07) is 10.4. The van der Waals surface area contributed by atoms with E-state index in [0.717, 1.165) is 35.4 Å². The predicted octanol–water partition coefficient (Wildman–Crippen LogP) is 4.60. The van der Waals surface area contributed by atoms with Crippen LogP contribution in [0.2, 0.25) is 0 Å². The van der Waals surface area contributed by atoms with Crippen molar-refractivity contribution in [2.24, 2.45) is 0 Å². The highest BCUT2D eigenvalue weighted by Gasteiger charge is 2.12. The summed E-state index contributed by atoms with van der Waals surface area (Å²) in [6.07, 6.45) is 2.38.